The number of sulfonamides is 1. The van der Waals surface area contributed by atoms with E-state index in [2.05, 4.69) is 5.32 Å². The molecule has 0 aliphatic carbocycles. The molecule has 0 aromatic heterocycles. The number of rotatable bonds is 14. The van der Waals surface area contributed by atoms with Crippen molar-refractivity contribution in [2.75, 3.05) is 23.7 Å². The highest BCUT2D eigenvalue weighted by Gasteiger charge is 2.31. The maximum atomic E-state index is 14.7. The van der Waals surface area contributed by atoms with Gasteiger partial charge in [-0.25, -0.2) is 12.8 Å². The van der Waals surface area contributed by atoms with E-state index in [1.807, 2.05) is 44.2 Å². The van der Waals surface area contributed by atoms with E-state index in [1.165, 1.54) is 15.3 Å². The van der Waals surface area contributed by atoms with Crippen molar-refractivity contribution in [2.24, 2.45) is 5.92 Å². The van der Waals surface area contributed by atoms with Gasteiger partial charge in [-0.1, -0.05) is 80.0 Å². The Hall–Kier alpha value is -3.43. The first-order valence-corrected chi connectivity index (χ1v) is 15.8. The van der Waals surface area contributed by atoms with Crippen LogP contribution in [0.15, 0.2) is 78.9 Å². The van der Waals surface area contributed by atoms with Crippen LogP contribution in [0, 0.1) is 11.7 Å². The van der Waals surface area contributed by atoms with Crippen LogP contribution in [0.1, 0.15) is 37.8 Å². The third kappa shape index (κ3) is 9.86. The van der Waals surface area contributed by atoms with Gasteiger partial charge in [-0.15, -0.1) is 0 Å². The molecule has 1 N–H and O–H groups in total. The predicted molar refractivity (Wildman–Crippen MR) is 162 cm³/mol. The van der Waals surface area contributed by atoms with Gasteiger partial charge in [0.2, 0.25) is 21.8 Å². The summed E-state index contributed by atoms with van der Waals surface area (Å²) in [6.07, 6.45) is 1.46. The zero-order valence-corrected chi connectivity index (χ0v) is 25.2. The second-order valence-corrected chi connectivity index (χ2v) is 12.7. The summed E-state index contributed by atoms with van der Waals surface area (Å²) in [6, 6.07) is 21.1. The molecule has 3 aromatic carbocycles. The Morgan fingerprint density at radius 2 is 1.66 bits per heavy atom. The Kier molecular flexibility index (Phi) is 11.7. The third-order valence-electron chi connectivity index (χ3n) is 6.50. The highest BCUT2D eigenvalue weighted by molar-refractivity contribution is 7.92. The highest BCUT2D eigenvalue weighted by Crippen LogP contribution is 2.23. The molecule has 0 saturated heterocycles. The summed E-state index contributed by atoms with van der Waals surface area (Å²) in [4.78, 5) is 28.7. The van der Waals surface area contributed by atoms with Gasteiger partial charge in [0.25, 0.3) is 0 Å². The van der Waals surface area contributed by atoms with Crippen molar-refractivity contribution in [1.82, 2.24) is 10.2 Å². The Morgan fingerprint density at radius 3 is 2.29 bits per heavy atom. The lowest BCUT2D eigenvalue weighted by atomic mass is 10.0. The van der Waals surface area contributed by atoms with Gasteiger partial charge in [-0.05, 0) is 42.2 Å². The van der Waals surface area contributed by atoms with Gasteiger partial charge in [0.15, 0.2) is 0 Å². The summed E-state index contributed by atoms with van der Waals surface area (Å²) >= 11 is 6.08. The van der Waals surface area contributed by atoms with Crippen LogP contribution < -0.4 is 9.62 Å². The Labute approximate surface area is 247 Å². The van der Waals surface area contributed by atoms with E-state index in [9.17, 15) is 22.4 Å². The van der Waals surface area contributed by atoms with E-state index in [0.29, 0.717) is 17.3 Å². The van der Waals surface area contributed by atoms with Gasteiger partial charge in [0.05, 0.1) is 11.9 Å². The van der Waals surface area contributed by atoms with E-state index >= 15 is 0 Å². The largest absolute Gasteiger partial charge is 0.354 e. The molecule has 1 unspecified atom stereocenters. The van der Waals surface area contributed by atoms with Crippen LogP contribution in [0.4, 0.5) is 10.1 Å². The minimum Gasteiger partial charge on any atom is -0.354 e. The molecule has 0 radical (unpaired) electrons. The first-order valence-electron chi connectivity index (χ1n) is 13.5. The van der Waals surface area contributed by atoms with Gasteiger partial charge >= 0.3 is 0 Å². The summed E-state index contributed by atoms with van der Waals surface area (Å²) in [5.41, 5.74) is 1.53. The average molecular weight is 602 g/mol. The number of nitrogens with one attached hydrogen (secondary N) is 1. The fourth-order valence-corrected chi connectivity index (χ4v) is 5.56. The van der Waals surface area contributed by atoms with Crippen molar-refractivity contribution >= 4 is 39.1 Å². The maximum Gasteiger partial charge on any atom is 0.243 e. The molecule has 41 heavy (non-hydrogen) atoms. The molecule has 3 rings (SSSR count). The Morgan fingerprint density at radius 1 is 0.976 bits per heavy atom. The van der Waals surface area contributed by atoms with Crippen molar-refractivity contribution in [3.63, 3.8) is 0 Å². The quantitative estimate of drug-likeness (QED) is 0.267. The lowest BCUT2D eigenvalue weighted by molar-refractivity contribution is -0.141. The summed E-state index contributed by atoms with van der Waals surface area (Å²) < 4.78 is 41.0. The van der Waals surface area contributed by atoms with Crippen LogP contribution in [0.25, 0.3) is 0 Å². The number of nitrogens with zero attached hydrogens (tertiary/aromatic N) is 2. The maximum absolute atomic E-state index is 14.7. The van der Waals surface area contributed by atoms with Crippen molar-refractivity contribution in [3.05, 3.63) is 101 Å². The Balaban J connectivity index is 1.89. The van der Waals surface area contributed by atoms with E-state index in [0.717, 1.165) is 11.8 Å². The van der Waals surface area contributed by atoms with Gasteiger partial charge in [0.1, 0.15) is 11.9 Å². The molecule has 3 aromatic rings. The predicted octanol–water partition coefficient (Wildman–Crippen LogP) is 5.44. The molecule has 1 atom stereocenters. The molecule has 0 heterocycles. The molecule has 10 heteroatoms. The van der Waals surface area contributed by atoms with Crippen LogP contribution in [0.5, 0.6) is 0 Å². The number of carbonyl (C=O) groups is 2. The third-order valence-corrected chi connectivity index (χ3v) is 7.93. The fourth-order valence-electron chi connectivity index (χ4n) is 4.42. The number of hydrogen-bond acceptors (Lipinski definition) is 4. The molecule has 220 valence electrons. The highest BCUT2D eigenvalue weighted by atomic mass is 35.5. The summed E-state index contributed by atoms with van der Waals surface area (Å²) in [6.45, 7) is 4.29. The minimum absolute atomic E-state index is 0.0291. The van der Waals surface area contributed by atoms with Crippen LogP contribution in [0.2, 0.25) is 5.02 Å². The van der Waals surface area contributed by atoms with Crippen molar-refractivity contribution < 1.29 is 22.4 Å². The standard InChI is InChI=1S/C31H37ClFN3O4S/c1-23(2)21-34-31(38)29(19-24-11-5-4-6-12-24)35(22-25-13-7-8-16-28(25)33)30(37)17-10-18-36(41(3,39)40)27-15-9-14-26(32)20-27/h4-9,11-16,20,23,29H,10,17-19,21-22H2,1-3H3,(H,34,38). The number of benzene rings is 3. The number of anilines is 1. The number of halogens is 2. The topological polar surface area (TPSA) is 86.8 Å². The van der Waals surface area contributed by atoms with Crippen molar-refractivity contribution in [2.45, 2.75) is 45.7 Å². The molecular formula is C31H37ClFN3O4S. The summed E-state index contributed by atoms with van der Waals surface area (Å²) in [7, 11) is -3.66. The van der Waals surface area contributed by atoms with Gasteiger partial charge in [-0.3, -0.25) is 13.9 Å². The molecular weight excluding hydrogens is 565 g/mol. The fraction of sp³-hybridized carbons (Fsp3) is 0.355. The van der Waals surface area contributed by atoms with E-state index < -0.39 is 21.9 Å². The zero-order chi connectivity index (χ0) is 30.0. The van der Waals surface area contributed by atoms with Gasteiger partial charge in [0, 0.05) is 43.1 Å². The normalized spacial score (nSPS) is 12.1. The second-order valence-electron chi connectivity index (χ2n) is 10.4. The summed E-state index contributed by atoms with van der Waals surface area (Å²) in [5, 5.41) is 3.32. The first kappa shape index (κ1) is 32.1. The lowest BCUT2D eigenvalue weighted by Gasteiger charge is -2.32. The van der Waals surface area contributed by atoms with Crippen LogP contribution in [-0.4, -0.2) is 50.5 Å². The molecule has 7 nitrogen and oxygen atoms in total. The molecule has 0 spiro atoms. The summed E-state index contributed by atoms with van der Waals surface area (Å²) in [5.74, 6) is -0.992. The number of carbonyl (C=O) groups excluding carboxylic acids is 2. The molecule has 2 amide bonds. The minimum atomic E-state index is -3.66. The van der Waals surface area contributed by atoms with Gasteiger partial charge in [-0.2, -0.15) is 0 Å². The monoisotopic (exact) mass is 601 g/mol. The van der Waals surface area contributed by atoms with Crippen LogP contribution in [0.3, 0.4) is 0 Å². The molecule has 0 aliphatic heterocycles. The van der Waals surface area contributed by atoms with Crippen LogP contribution in [-0.2, 0) is 32.6 Å². The smallest absolute Gasteiger partial charge is 0.243 e. The van der Waals surface area contributed by atoms with Crippen molar-refractivity contribution in [3.8, 4) is 0 Å². The molecule has 0 bridgehead atoms. The van der Waals surface area contributed by atoms with E-state index in [1.54, 1.807) is 42.5 Å². The number of amides is 2. The molecule has 0 fully saturated rings. The Bertz CT molecular complexity index is 1420. The van der Waals surface area contributed by atoms with Gasteiger partial charge < -0.3 is 10.2 Å². The lowest BCUT2D eigenvalue weighted by Crippen LogP contribution is -2.51. The second kappa shape index (κ2) is 15.0. The number of hydrogen-bond donors (Lipinski definition) is 1. The van der Waals surface area contributed by atoms with Crippen LogP contribution >= 0.6 is 11.6 Å². The van der Waals surface area contributed by atoms with E-state index in [-0.39, 0.29) is 55.6 Å². The molecule has 0 aliphatic rings. The van der Waals surface area contributed by atoms with E-state index in [4.69, 9.17) is 11.6 Å². The van der Waals surface area contributed by atoms with Crippen molar-refractivity contribution in [1.29, 1.82) is 0 Å². The molecule has 0 saturated carbocycles. The average Bonchev–Trinajstić information content (AvgIpc) is 2.92. The zero-order valence-electron chi connectivity index (χ0n) is 23.6. The SMILES string of the molecule is CC(C)CNC(=O)C(Cc1ccccc1)N(Cc1ccccc1F)C(=O)CCCN(c1cccc(Cl)c1)S(C)(=O)=O. The first-order chi connectivity index (χ1) is 19.5.